The fraction of sp³-hybridized carbons (Fsp3) is 0.129. The van der Waals surface area contributed by atoms with Crippen molar-refractivity contribution < 1.29 is 14.3 Å². The minimum absolute atomic E-state index is 0.219. The number of nitrogens with one attached hydrogen (secondary N) is 1. The predicted molar refractivity (Wildman–Crippen MR) is 155 cm³/mol. The molecule has 190 valence electrons. The van der Waals surface area contributed by atoms with E-state index in [1.54, 1.807) is 19.1 Å². The van der Waals surface area contributed by atoms with Crippen molar-refractivity contribution in [2.45, 2.75) is 20.8 Å². The Balaban J connectivity index is 1.59. The van der Waals surface area contributed by atoms with E-state index in [1.807, 2.05) is 73.8 Å². The van der Waals surface area contributed by atoms with Crippen LogP contribution in [-0.4, -0.2) is 23.5 Å². The molecule has 2 aromatic heterocycles. The van der Waals surface area contributed by atoms with E-state index in [0.717, 1.165) is 27.6 Å². The van der Waals surface area contributed by atoms with Gasteiger partial charge in [0, 0.05) is 26.9 Å². The van der Waals surface area contributed by atoms with Gasteiger partial charge >= 0.3 is 5.97 Å². The molecule has 0 aliphatic rings. The summed E-state index contributed by atoms with van der Waals surface area (Å²) in [6.45, 7) is 6.05. The number of anilines is 1. The highest BCUT2D eigenvalue weighted by atomic mass is 35.5. The number of thiophene rings is 1. The number of rotatable bonds is 6. The van der Waals surface area contributed by atoms with E-state index in [9.17, 15) is 9.59 Å². The molecule has 0 saturated heterocycles. The van der Waals surface area contributed by atoms with Gasteiger partial charge in [0.1, 0.15) is 10.6 Å². The van der Waals surface area contributed by atoms with Crippen LogP contribution in [0, 0.1) is 13.8 Å². The van der Waals surface area contributed by atoms with Crippen LogP contribution in [0.3, 0.4) is 0 Å². The highest BCUT2D eigenvalue weighted by molar-refractivity contribution is 7.15. The average molecular weight is 541 g/mol. The Morgan fingerprint density at radius 3 is 2.47 bits per heavy atom. The molecule has 38 heavy (non-hydrogen) atoms. The van der Waals surface area contributed by atoms with E-state index >= 15 is 0 Å². The second kappa shape index (κ2) is 10.8. The third-order valence-corrected chi connectivity index (χ3v) is 7.42. The number of para-hydroxylation sites is 1. The highest BCUT2D eigenvalue weighted by Gasteiger charge is 2.24. The van der Waals surface area contributed by atoms with Crippen LogP contribution in [0.1, 0.15) is 38.8 Å². The van der Waals surface area contributed by atoms with Crippen molar-refractivity contribution >= 4 is 50.7 Å². The summed E-state index contributed by atoms with van der Waals surface area (Å²) in [5.41, 5.74) is 6.90. The van der Waals surface area contributed by atoms with Crippen molar-refractivity contribution in [1.29, 1.82) is 0 Å². The molecule has 7 heteroatoms. The molecule has 0 saturated carbocycles. The van der Waals surface area contributed by atoms with Crippen LogP contribution in [0.5, 0.6) is 0 Å². The van der Waals surface area contributed by atoms with Gasteiger partial charge in [-0.15, -0.1) is 11.3 Å². The lowest BCUT2D eigenvalue weighted by atomic mass is 9.99. The third kappa shape index (κ3) is 5.05. The molecule has 0 radical (unpaired) electrons. The summed E-state index contributed by atoms with van der Waals surface area (Å²) in [7, 11) is 0. The summed E-state index contributed by atoms with van der Waals surface area (Å²) in [5.74, 6) is -0.825. The maximum Gasteiger partial charge on any atom is 0.341 e. The number of hydrogen-bond donors (Lipinski definition) is 1. The molecular weight excluding hydrogens is 516 g/mol. The van der Waals surface area contributed by atoms with E-state index in [-0.39, 0.29) is 12.5 Å². The largest absolute Gasteiger partial charge is 0.462 e. The lowest BCUT2D eigenvalue weighted by Gasteiger charge is -2.13. The number of aryl methyl sites for hydroxylation is 2. The van der Waals surface area contributed by atoms with Crippen molar-refractivity contribution in [2.75, 3.05) is 11.9 Å². The number of aromatic nitrogens is 1. The Hall–Kier alpha value is -4.00. The number of esters is 1. The zero-order valence-corrected chi connectivity index (χ0v) is 22.7. The van der Waals surface area contributed by atoms with Crippen LogP contribution in [0.2, 0.25) is 5.02 Å². The van der Waals surface area contributed by atoms with Crippen LogP contribution >= 0.6 is 22.9 Å². The van der Waals surface area contributed by atoms with Gasteiger partial charge in [-0.1, -0.05) is 65.7 Å². The summed E-state index contributed by atoms with van der Waals surface area (Å²) in [4.78, 5) is 31.6. The van der Waals surface area contributed by atoms with Crippen molar-refractivity contribution in [3.63, 3.8) is 0 Å². The van der Waals surface area contributed by atoms with E-state index in [4.69, 9.17) is 21.3 Å². The first-order valence-corrected chi connectivity index (χ1v) is 13.4. The molecule has 5 nitrogen and oxygen atoms in total. The first kappa shape index (κ1) is 25.6. The van der Waals surface area contributed by atoms with Crippen molar-refractivity contribution in [3.8, 4) is 22.4 Å². The first-order chi connectivity index (χ1) is 18.4. The molecule has 0 unspecified atom stereocenters. The van der Waals surface area contributed by atoms with Gasteiger partial charge in [-0.3, -0.25) is 4.79 Å². The molecule has 0 spiro atoms. The van der Waals surface area contributed by atoms with Crippen LogP contribution in [-0.2, 0) is 4.74 Å². The summed E-state index contributed by atoms with van der Waals surface area (Å²) in [6, 6.07) is 22.7. The number of carbonyl (C=O) groups is 2. The van der Waals surface area contributed by atoms with Gasteiger partial charge in [0.05, 0.1) is 23.4 Å². The molecule has 5 aromatic rings. The second-order valence-electron chi connectivity index (χ2n) is 8.93. The lowest BCUT2D eigenvalue weighted by molar-refractivity contribution is 0.0529. The van der Waals surface area contributed by atoms with Crippen molar-refractivity contribution in [3.05, 3.63) is 105 Å². The van der Waals surface area contributed by atoms with Gasteiger partial charge in [0.25, 0.3) is 5.91 Å². The third-order valence-electron chi connectivity index (χ3n) is 6.27. The minimum Gasteiger partial charge on any atom is -0.462 e. The Morgan fingerprint density at radius 2 is 1.74 bits per heavy atom. The maximum absolute atomic E-state index is 13.8. The van der Waals surface area contributed by atoms with Crippen LogP contribution < -0.4 is 5.32 Å². The number of pyridine rings is 1. The molecular formula is C31H25ClN2O3S. The van der Waals surface area contributed by atoms with Crippen molar-refractivity contribution in [1.82, 2.24) is 4.98 Å². The number of ether oxygens (including phenoxy) is 1. The smallest absolute Gasteiger partial charge is 0.341 e. The number of fused-ring (bicyclic) bond motifs is 1. The summed E-state index contributed by atoms with van der Waals surface area (Å²) >= 11 is 7.35. The molecule has 3 aromatic carbocycles. The number of nitrogens with zero attached hydrogens (tertiary/aromatic N) is 1. The van der Waals surface area contributed by atoms with Crippen LogP contribution in [0.25, 0.3) is 33.3 Å². The number of halogens is 1. The molecule has 0 aliphatic heterocycles. The minimum atomic E-state index is -0.496. The van der Waals surface area contributed by atoms with Gasteiger partial charge < -0.3 is 10.1 Å². The molecule has 0 fully saturated rings. The Morgan fingerprint density at radius 1 is 0.974 bits per heavy atom. The van der Waals surface area contributed by atoms with Crippen molar-refractivity contribution in [2.24, 2.45) is 0 Å². The topological polar surface area (TPSA) is 68.3 Å². The number of carbonyl (C=O) groups excluding carboxylic acids is 2. The van der Waals surface area contributed by atoms with E-state index in [2.05, 4.69) is 11.4 Å². The van der Waals surface area contributed by atoms with Gasteiger partial charge in [-0.05, 0) is 56.2 Å². The molecule has 0 bridgehead atoms. The van der Waals surface area contributed by atoms with E-state index < -0.39 is 5.97 Å². The SMILES string of the molecule is CCOC(=O)c1c(-c2ccc(Cl)cc2)csc1NC(=O)c1cc(-c2ccc(C)cc2C)nc2ccccc12. The summed E-state index contributed by atoms with van der Waals surface area (Å²) in [6.07, 6.45) is 0. The predicted octanol–water partition coefficient (Wildman–Crippen LogP) is 8.33. The number of benzene rings is 3. The maximum atomic E-state index is 13.8. The summed E-state index contributed by atoms with van der Waals surface area (Å²) in [5, 5.41) is 6.58. The van der Waals surface area contributed by atoms with Gasteiger partial charge in [-0.2, -0.15) is 0 Å². The molecule has 5 rings (SSSR count). The van der Waals surface area contributed by atoms with Gasteiger partial charge in [0.2, 0.25) is 0 Å². The normalized spacial score (nSPS) is 10.9. The van der Waals surface area contributed by atoms with E-state index in [0.29, 0.717) is 37.9 Å². The van der Waals surface area contributed by atoms with Crippen LogP contribution in [0.15, 0.2) is 78.2 Å². The fourth-order valence-corrected chi connectivity index (χ4v) is 5.55. The van der Waals surface area contributed by atoms with Gasteiger partial charge in [-0.25, -0.2) is 9.78 Å². The summed E-state index contributed by atoms with van der Waals surface area (Å²) < 4.78 is 5.35. The Bertz CT molecular complexity index is 1680. The Labute approximate surface area is 230 Å². The highest BCUT2D eigenvalue weighted by Crippen LogP contribution is 2.37. The lowest BCUT2D eigenvalue weighted by Crippen LogP contribution is -2.15. The molecule has 1 amide bonds. The molecule has 1 N–H and O–H groups in total. The van der Waals surface area contributed by atoms with E-state index in [1.165, 1.54) is 11.3 Å². The Kier molecular flexibility index (Phi) is 7.27. The second-order valence-corrected chi connectivity index (χ2v) is 10.2. The van der Waals surface area contributed by atoms with Crippen LogP contribution in [0.4, 0.5) is 5.00 Å². The van der Waals surface area contributed by atoms with Gasteiger partial charge in [0.15, 0.2) is 0 Å². The number of hydrogen-bond acceptors (Lipinski definition) is 5. The quantitative estimate of drug-likeness (QED) is 0.220. The molecule has 2 heterocycles. The zero-order valence-electron chi connectivity index (χ0n) is 21.2. The molecule has 0 atom stereocenters. The average Bonchev–Trinajstić information content (AvgIpc) is 3.32. The standard InChI is InChI=1S/C31H25ClN2O3S/c1-4-37-31(36)28-25(20-10-12-21(32)13-11-20)17-38-30(28)34-29(35)24-16-27(22-14-9-18(2)15-19(22)3)33-26-8-6-5-7-23(24)26/h5-17H,4H2,1-3H3,(H,34,35). The molecule has 0 aliphatic carbocycles. The monoisotopic (exact) mass is 540 g/mol. The zero-order chi connectivity index (χ0) is 26.8. The fourth-order valence-electron chi connectivity index (χ4n) is 4.47. The first-order valence-electron chi connectivity index (χ1n) is 12.2. The number of amides is 1.